The van der Waals surface area contributed by atoms with Crippen molar-refractivity contribution in [2.75, 3.05) is 20.3 Å². The molecular weight excluding hydrogens is 364 g/mol. The topological polar surface area (TPSA) is 58.6 Å². The Morgan fingerprint density at radius 1 is 1.10 bits per heavy atom. The third kappa shape index (κ3) is 3.81. The van der Waals surface area contributed by atoms with E-state index in [1.54, 1.807) is 7.11 Å². The monoisotopic (exact) mass is 398 g/mol. The summed E-state index contributed by atoms with van der Waals surface area (Å²) in [6.45, 7) is 1.03. The Hall–Kier alpha value is -1.88. The first kappa shape index (κ1) is 20.4. The van der Waals surface area contributed by atoms with Crippen molar-refractivity contribution in [1.82, 2.24) is 10.2 Å². The van der Waals surface area contributed by atoms with Crippen molar-refractivity contribution in [3.63, 3.8) is 0 Å². The van der Waals surface area contributed by atoms with Crippen LogP contribution >= 0.6 is 0 Å². The van der Waals surface area contributed by atoms with E-state index in [4.69, 9.17) is 4.74 Å². The van der Waals surface area contributed by atoms with E-state index in [9.17, 15) is 9.59 Å². The smallest absolute Gasteiger partial charge is 0.254 e. The van der Waals surface area contributed by atoms with Gasteiger partial charge in [0.1, 0.15) is 0 Å². The number of fused-ring (bicyclic) bond motifs is 1. The molecule has 4 rings (SSSR count). The van der Waals surface area contributed by atoms with Crippen molar-refractivity contribution >= 4 is 11.8 Å². The van der Waals surface area contributed by atoms with Gasteiger partial charge in [-0.05, 0) is 37.3 Å². The first-order valence-corrected chi connectivity index (χ1v) is 11.4. The van der Waals surface area contributed by atoms with E-state index in [-0.39, 0.29) is 23.8 Å². The molecule has 5 heteroatoms. The number of amides is 2. The normalized spacial score (nSPS) is 24.4. The number of rotatable bonds is 5. The fraction of sp³-hybridized carbons (Fsp3) is 0.667. The van der Waals surface area contributed by atoms with Crippen LogP contribution in [0.5, 0.6) is 0 Å². The van der Waals surface area contributed by atoms with Crippen LogP contribution in [0, 0.1) is 0 Å². The van der Waals surface area contributed by atoms with Crippen LogP contribution in [0.25, 0.3) is 0 Å². The minimum absolute atomic E-state index is 0.0567. The van der Waals surface area contributed by atoms with E-state index in [0.717, 1.165) is 44.1 Å². The molecule has 158 valence electrons. The maximum atomic E-state index is 13.7. The zero-order valence-electron chi connectivity index (χ0n) is 17.6. The van der Waals surface area contributed by atoms with Crippen molar-refractivity contribution in [3.8, 4) is 0 Å². The zero-order chi connectivity index (χ0) is 20.3. The SMILES string of the molecule is COCCN1C(=O)c2ccccc2C(C(=O)NC2CCCCC2)C12CCCCC2. The van der Waals surface area contributed by atoms with Crippen molar-refractivity contribution in [2.45, 2.75) is 81.7 Å². The lowest BCUT2D eigenvalue weighted by atomic mass is 9.65. The molecule has 2 amide bonds. The van der Waals surface area contributed by atoms with Gasteiger partial charge in [0, 0.05) is 25.3 Å². The first-order chi connectivity index (χ1) is 14.2. The van der Waals surface area contributed by atoms with Gasteiger partial charge >= 0.3 is 0 Å². The van der Waals surface area contributed by atoms with Gasteiger partial charge in [-0.1, -0.05) is 56.7 Å². The number of benzene rings is 1. The molecule has 1 unspecified atom stereocenters. The van der Waals surface area contributed by atoms with E-state index in [2.05, 4.69) is 5.32 Å². The molecule has 5 nitrogen and oxygen atoms in total. The lowest BCUT2D eigenvalue weighted by Crippen LogP contribution is -2.63. The molecule has 0 saturated heterocycles. The summed E-state index contributed by atoms with van der Waals surface area (Å²) in [6, 6.07) is 8.03. The lowest BCUT2D eigenvalue weighted by Gasteiger charge is -2.54. The number of hydrogen-bond acceptors (Lipinski definition) is 3. The minimum Gasteiger partial charge on any atom is -0.383 e. The van der Waals surface area contributed by atoms with Crippen LogP contribution in [-0.2, 0) is 9.53 Å². The Morgan fingerprint density at radius 3 is 2.52 bits per heavy atom. The van der Waals surface area contributed by atoms with Gasteiger partial charge in [0.25, 0.3) is 5.91 Å². The van der Waals surface area contributed by atoms with Crippen molar-refractivity contribution < 1.29 is 14.3 Å². The second-order valence-corrected chi connectivity index (χ2v) is 8.98. The fourth-order valence-corrected chi connectivity index (χ4v) is 5.88. The Morgan fingerprint density at radius 2 is 1.79 bits per heavy atom. The van der Waals surface area contributed by atoms with Gasteiger partial charge in [0.15, 0.2) is 0 Å². The standard InChI is InChI=1S/C24H34N2O3/c1-29-17-16-26-23(28)20-13-7-6-12-19(20)21(24(26)14-8-3-9-15-24)22(27)25-18-10-4-2-5-11-18/h6-7,12-13,18,21H,2-5,8-11,14-17H2,1H3,(H,25,27). The number of methoxy groups -OCH3 is 1. The molecule has 1 heterocycles. The summed E-state index contributed by atoms with van der Waals surface area (Å²) < 4.78 is 5.34. The van der Waals surface area contributed by atoms with Crippen LogP contribution in [0.1, 0.15) is 86.0 Å². The molecule has 3 aliphatic rings. The highest BCUT2D eigenvalue weighted by Crippen LogP contribution is 2.49. The van der Waals surface area contributed by atoms with Gasteiger partial charge in [0.2, 0.25) is 5.91 Å². The number of carbonyl (C=O) groups excluding carboxylic acids is 2. The van der Waals surface area contributed by atoms with Gasteiger partial charge < -0.3 is 15.0 Å². The highest BCUT2D eigenvalue weighted by molar-refractivity contribution is 6.02. The number of ether oxygens (including phenoxy) is 1. The molecule has 1 spiro atoms. The molecule has 0 radical (unpaired) electrons. The third-order valence-corrected chi connectivity index (χ3v) is 7.27. The Kier molecular flexibility index (Phi) is 6.23. The van der Waals surface area contributed by atoms with Crippen LogP contribution in [0.15, 0.2) is 24.3 Å². The van der Waals surface area contributed by atoms with E-state index in [1.165, 1.54) is 25.7 Å². The molecule has 1 aliphatic heterocycles. The lowest BCUT2D eigenvalue weighted by molar-refractivity contribution is -0.128. The largest absolute Gasteiger partial charge is 0.383 e. The number of nitrogens with one attached hydrogen (secondary N) is 1. The molecular formula is C24H34N2O3. The van der Waals surface area contributed by atoms with Crippen molar-refractivity contribution in [1.29, 1.82) is 0 Å². The molecule has 1 atom stereocenters. The fourth-order valence-electron chi connectivity index (χ4n) is 5.88. The summed E-state index contributed by atoms with van der Waals surface area (Å²) in [4.78, 5) is 29.2. The predicted molar refractivity (Wildman–Crippen MR) is 113 cm³/mol. The van der Waals surface area contributed by atoms with Crippen LogP contribution in [0.3, 0.4) is 0 Å². The Balaban J connectivity index is 1.74. The van der Waals surface area contributed by atoms with E-state index >= 15 is 0 Å². The molecule has 29 heavy (non-hydrogen) atoms. The molecule has 2 aliphatic carbocycles. The number of hydrogen-bond donors (Lipinski definition) is 1. The highest BCUT2D eigenvalue weighted by atomic mass is 16.5. The van der Waals surface area contributed by atoms with E-state index in [0.29, 0.717) is 18.7 Å². The summed E-state index contributed by atoms with van der Waals surface area (Å²) in [5.74, 6) is -0.127. The van der Waals surface area contributed by atoms with Gasteiger partial charge in [-0.25, -0.2) is 0 Å². The molecule has 0 bridgehead atoms. The van der Waals surface area contributed by atoms with Gasteiger partial charge in [-0.15, -0.1) is 0 Å². The number of nitrogens with zero attached hydrogens (tertiary/aromatic N) is 1. The van der Waals surface area contributed by atoms with Gasteiger partial charge in [-0.2, -0.15) is 0 Å². The second kappa shape index (κ2) is 8.86. The van der Waals surface area contributed by atoms with Gasteiger partial charge in [-0.3, -0.25) is 9.59 Å². The summed E-state index contributed by atoms with van der Waals surface area (Å²) in [5, 5.41) is 3.38. The maximum absolute atomic E-state index is 13.7. The summed E-state index contributed by atoms with van der Waals surface area (Å²) >= 11 is 0. The maximum Gasteiger partial charge on any atom is 0.254 e. The summed E-state index contributed by atoms with van der Waals surface area (Å²) in [6.07, 6.45) is 10.9. The first-order valence-electron chi connectivity index (χ1n) is 11.4. The Bertz CT molecular complexity index is 735. The zero-order valence-corrected chi connectivity index (χ0v) is 17.6. The summed E-state index contributed by atoms with van der Waals surface area (Å²) in [7, 11) is 1.67. The van der Waals surface area contributed by atoms with Crippen LogP contribution in [0.4, 0.5) is 0 Å². The number of carbonyl (C=O) groups is 2. The molecule has 2 saturated carbocycles. The average Bonchev–Trinajstić information content (AvgIpc) is 2.75. The van der Waals surface area contributed by atoms with Crippen LogP contribution in [0.2, 0.25) is 0 Å². The minimum atomic E-state index is -0.430. The van der Waals surface area contributed by atoms with Crippen LogP contribution in [-0.4, -0.2) is 48.6 Å². The van der Waals surface area contributed by atoms with Crippen LogP contribution < -0.4 is 5.32 Å². The third-order valence-electron chi connectivity index (χ3n) is 7.27. The molecule has 1 N–H and O–H groups in total. The molecule has 1 aromatic carbocycles. The molecule has 1 aromatic rings. The molecule has 0 aromatic heterocycles. The van der Waals surface area contributed by atoms with Crippen molar-refractivity contribution in [2.24, 2.45) is 0 Å². The summed E-state index contributed by atoms with van der Waals surface area (Å²) in [5.41, 5.74) is 1.17. The van der Waals surface area contributed by atoms with Gasteiger partial charge in [0.05, 0.1) is 18.1 Å². The quantitative estimate of drug-likeness (QED) is 0.815. The molecule has 2 fully saturated rings. The van der Waals surface area contributed by atoms with Crippen molar-refractivity contribution in [3.05, 3.63) is 35.4 Å². The Labute approximate surface area is 174 Å². The van der Waals surface area contributed by atoms with E-state index < -0.39 is 5.54 Å². The predicted octanol–water partition coefficient (Wildman–Crippen LogP) is 4.02. The highest BCUT2D eigenvalue weighted by Gasteiger charge is 2.54. The average molecular weight is 399 g/mol. The second-order valence-electron chi connectivity index (χ2n) is 8.98. The van der Waals surface area contributed by atoms with E-state index in [1.807, 2.05) is 29.2 Å².